The average molecular weight is 636 g/mol. The Morgan fingerprint density at radius 1 is 0.400 bits per heavy atom. The van der Waals surface area contributed by atoms with Crippen molar-refractivity contribution in [2.75, 3.05) is 0 Å². The van der Waals surface area contributed by atoms with Gasteiger partial charge in [0.05, 0.1) is 62.7 Å². The van der Waals surface area contributed by atoms with Gasteiger partial charge in [-0.25, -0.2) is 0 Å². The molecule has 0 saturated heterocycles. The Kier molecular flexibility index (Phi) is 6.56. The van der Waals surface area contributed by atoms with Crippen LogP contribution in [0.1, 0.15) is 16.7 Å². The van der Waals surface area contributed by atoms with Crippen molar-refractivity contribution >= 4 is 43.6 Å². The summed E-state index contributed by atoms with van der Waals surface area (Å²) in [6.07, 6.45) is 0. The first-order chi connectivity index (χ1) is 24.7. The maximum atomic E-state index is 10.6. The van der Waals surface area contributed by atoms with E-state index in [1.807, 2.05) is 97.1 Å². The highest BCUT2D eigenvalue weighted by atomic mass is 15.0. The molecular weight excluding hydrogens is 611 g/mol. The van der Waals surface area contributed by atoms with Gasteiger partial charge in [0.15, 0.2) is 0 Å². The van der Waals surface area contributed by atoms with Gasteiger partial charge in [-0.05, 0) is 77.9 Å². The van der Waals surface area contributed by atoms with E-state index >= 15 is 0 Å². The van der Waals surface area contributed by atoms with Gasteiger partial charge in [0.1, 0.15) is 0 Å². The first kappa shape index (κ1) is 28.8. The Bertz CT molecular complexity index is 2870. The minimum absolute atomic E-state index is 0.437. The van der Waals surface area contributed by atoms with Gasteiger partial charge in [-0.3, -0.25) is 0 Å². The fourth-order valence-electron chi connectivity index (χ4n) is 7.46. The van der Waals surface area contributed by atoms with Gasteiger partial charge in [0, 0.05) is 38.4 Å². The quantitative estimate of drug-likeness (QED) is 0.193. The molecule has 0 spiro atoms. The van der Waals surface area contributed by atoms with Crippen molar-refractivity contribution in [2.45, 2.75) is 0 Å². The number of para-hydroxylation sites is 4. The molecule has 0 atom stereocenters. The van der Waals surface area contributed by atoms with Gasteiger partial charge < -0.3 is 9.13 Å². The third-order valence-electron chi connectivity index (χ3n) is 9.63. The number of hydrogen-bond donors (Lipinski definition) is 0. The molecule has 9 aromatic rings. The van der Waals surface area contributed by atoms with Crippen molar-refractivity contribution in [3.8, 4) is 51.8 Å². The van der Waals surface area contributed by atoms with Crippen LogP contribution in [0.25, 0.3) is 77.2 Å². The number of rotatable bonds is 4. The van der Waals surface area contributed by atoms with E-state index in [1.165, 1.54) is 0 Å². The molecule has 0 saturated carbocycles. The van der Waals surface area contributed by atoms with Crippen molar-refractivity contribution in [1.29, 1.82) is 15.8 Å². The van der Waals surface area contributed by atoms with Crippen molar-refractivity contribution in [1.82, 2.24) is 9.13 Å². The van der Waals surface area contributed by atoms with Crippen molar-refractivity contribution in [3.05, 3.63) is 168 Å². The summed E-state index contributed by atoms with van der Waals surface area (Å²) < 4.78 is 4.43. The van der Waals surface area contributed by atoms with E-state index in [0.717, 1.165) is 71.7 Å². The van der Waals surface area contributed by atoms with Crippen LogP contribution in [0.4, 0.5) is 0 Å². The standard InChI is InChI=1S/C45H25N5/c46-26-29-17-22-44-39(23-29)37-11-3-5-13-40(37)49(44)34-20-18-30(19-21-34)31-24-32(27-47)45(33(25-31)28-48)38-12-4-8-16-43(38)50-41-14-6-1-9-35(41)36-10-2-7-15-42(36)50/h1-25H. The van der Waals surface area contributed by atoms with E-state index in [4.69, 9.17) is 0 Å². The van der Waals surface area contributed by atoms with Gasteiger partial charge >= 0.3 is 0 Å². The Hall–Kier alpha value is -7.39. The number of aromatic nitrogens is 2. The fraction of sp³-hybridized carbons (Fsp3) is 0. The molecule has 0 aliphatic carbocycles. The maximum Gasteiger partial charge on any atom is 0.0998 e. The van der Waals surface area contributed by atoms with E-state index in [2.05, 4.69) is 81.9 Å². The van der Waals surface area contributed by atoms with Crippen LogP contribution in [0.15, 0.2) is 152 Å². The molecular formula is C45H25N5. The van der Waals surface area contributed by atoms with Crippen molar-refractivity contribution < 1.29 is 0 Å². The number of nitriles is 3. The third kappa shape index (κ3) is 4.31. The van der Waals surface area contributed by atoms with Crippen LogP contribution >= 0.6 is 0 Å². The molecule has 5 heteroatoms. The summed E-state index contributed by atoms with van der Waals surface area (Å²) in [6, 6.07) is 57.7. The summed E-state index contributed by atoms with van der Waals surface area (Å²) in [7, 11) is 0. The molecule has 0 amide bonds. The Morgan fingerprint density at radius 2 is 0.920 bits per heavy atom. The number of fused-ring (bicyclic) bond motifs is 6. The smallest absolute Gasteiger partial charge is 0.0998 e. The van der Waals surface area contributed by atoms with Crippen LogP contribution in [-0.4, -0.2) is 9.13 Å². The summed E-state index contributed by atoms with van der Waals surface area (Å²) in [6.45, 7) is 0. The lowest BCUT2D eigenvalue weighted by molar-refractivity contribution is 1.18. The Balaban J connectivity index is 1.18. The minimum Gasteiger partial charge on any atom is -0.309 e. The second-order valence-corrected chi connectivity index (χ2v) is 12.3. The monoisotopic (exact) mass is 635 g/mol. The van der Waals surface area contributed by atoms with E-state index in [1.54, 1.807) is 0 Å². The summed E-state index contributed by atoms with van der Waals surface area (Å²) in [4.78, 5) is 0. The molecule has 2 aromatic heterocycles. The molecule has 0 fully saturated rings. The maximum absolute atomic E-state index is 10.6. The predicted octanol–water partition coefficient (Wildman–Crippen LogP) is 10.8. The van der Waals surface area contributed by atoms with Gasteiger partial charge in [-0.15, -0.1) is 0 Å². The lowest BCUT2D eigenvalue weighted by Gasteiger charge is -2.17. The lowest BCUT2D eigenvalue weighted by Crippen LogP contribution is -2.00. The molecule has 0 aliphatic rings. The SMILES string of the molecule is N#Cc1ccc2c(c1)c1ccccc1n2-c1ccc(-c2cc(C#N)c(-c3ccccc3-n3c4ccccc4c4ccccc43)c(C#N)c2)cc1. The number of nitrogens with zero attached hydrogens (tertiary/aromatic N) is 5. The van der Waals surface area contributed by atoms with E-state index in [-0.39, 0.29) is 0 Å². The van der Waals surface area contributed by atoms with Crippen molar-refractivity contribution in [2.24, 2.45) is 0 Å². The molecule has 0 N–H and O–H groups in total. The third-order valence-corrected chi connectivity index (χ3v) is 9.63. The second kappa shape index (κ2) is 11.4. The van der Waals surface area contributed by atoms with Gasteiger partial charge in [-0.1, -0.05) is 84.9 Å². The van der Waals surface area contributed by atoms with E-state index in [9.17, 15) is 15.8 Å². The minimum atomic E-state index is 0.437. The van der Waals surface area contributed by atoms with Crippen LogP contribution in [0.2, 0.25) is 0 Å². The average Bonchev–Trinajstić information content (AvgIpc) is 3.70. The zero-order valence-electron chi connectivity index (χ0n) is 26.7. The number of hydrogen-bond acceptors (Lipinski definition) is 3. The van der Waals surface area contributed by atoms with E-state index in [0.29, 0.717) is 22.3 Å². The highest BCUT2D eigenvalue weighted by Gasteiger charge is 2.20. The number of benzene rings is 7. The molecule has 0 bridgehead atoms. The molecule has 50 heavy (non-hydrogen) atoms. The molecule has 0 radical (unpaired) electrons. The summed E-state index contributed by atoms with van der Waals surface area (Å²) in [5.41, 5.74) is 10.7. The molecule has 230 valence electrons. The highest BCUT2D eigenvalue weighted by molar-refractivity contribution is 6.11. The Labute approximate surface area is 287 Å². The summed E-state index contributed by atoms with van der Waals surface area (Å²) >= 11 is 0. The normalized spacial score (nSPS) is 11.1. The van der Waals surface area contributed by atoms with Crippen molar-refractivity contribution in [3.63, 3.8) is 0 Å². The zero-order chi connectivity index (χ0) is 33.8. The largest absolute Gasteiger partial charge is 0.309 e. The predicted molar refractivity (Wildman–Crippen MR) is 200 cm³/mol. The molecule has 0 unspecified atom stereocenters. The van der Waals surface area contributed by atoms with Crippen LogP contribution in [0, 0.1) is 34.0 Å². The highest BCUT2D eigenvalue weighted by Crippen LogP contribution is 2.40. The van der Waals surface area contributed by atoms with Crippen LogP contribution < -0.4 is 0 Å². The molecule has 9 rings (SSSR count). The van der Waals surface area contributed by atoms with Gasteiger partial charge in [0.2, 0.25) is 0 Å². The van der Waals surface area contributed by atoms with E-state index < -0.39 is 0 Å². The lowest BCUT2D eigenvalue weighted by atomic mass is 9.90. The zero-order valence-corrected chi connectivity index (χ0v) is 26.7. The summed E-state index contributed by atoms with van der Waals surface area (Å²) in [5, 5.41) is 35.0. The molecule has 7 aromatic carbocycles. The first-order valence-electron chi connectivity index (χ1n) is 16.3. The second-order valence-electron chi connectivity index (χ2n) is 12.3. The van der Waals surface area contributed by atoms with Crippen LogP contribution in [0.5, 0.6) is 0 Å². The topological polar surface area (TPSA) is 81.2 Å². The van der Waals surface area contributed by atoms with Gasteiger partial charge in [-0.2, -0.15) is 15.8 Å². The van der Waals surface area contributed by atoms with Crippen LogP contribution in [0.3, 0.4) is 0 Å². The first-order valence-corrected chi connectivity index (χ1v) is 16.3. The Morgan fingerprint density at radius 3 is 1.52 bits per heavy atom. The summed E-state index contributed by atoms with van der Waals surface area (Å²) in [5.74, 6) is 0. The molecule has 5 nitrogen and oxygen atoms in total. The fourth-order valence-corrected chi connectivity index (χ4v) is 7.46. The molecule has 2 heterocycles. The molecule has 0 aliphatic heterocycles. The van der Waals surface area contributed by atoms with Gasteiger partial charge in [0.25, 0.3) is 0 Å². The van der Waals surface area contributed by atoms with Crippen LogP contribution in [-0.2, 0) is 0 Å².